The lowest BCUT2D eigenvalue weighted by Gasteiger charge is -2.09. The number of carbonyl (C=O) groups excluding carboxylic acids is 1. The summed E-state index contributed by atoms with van der Waals surface area (Å²) >= 11 is 0. The highest BCUT2D eigenvalue weighted by Crippen LogP contribution is 2.32. The summed E-state index contributed by atoms with van der Waals surface area (Å²) < 4.78 is 10.6. The number of hydrogen-bond donors (Lipinski definition) is 2. The molecule has 3 aromatic rings. The van der Waals surface area contributed by atoms with Gasteiger partial charge in [0.1, 0.15) is 5.82 Å². The third kappa shape index (κ3) is 3.84. The number of carbonyl (C=O) groups is 1. The molecule has 6 heteroatoms. The molecule has 1 aliphatic rings. The van der Waals surface area contributed by atoms with Gasteiger partial charge in [-0.15, -0.1) is 0 Å². The van der Waals surface area contributed by atoms with E-state index in [0.29, 0.717) is 28.6 Å². The Balaban J connectivity index is 1.43. The molecule has 0 radical (unpaired) electrons. The normalized spacial score (nSPS) is 11.9. The van der Waals surface area contributed by atoms with Gasteiger partial charge in [-0.25, -0.2) is 4.98 Å². The highest BCUT2D eigenvalue weighted by molar-refractivity contribution is 6.04. The number of fused-ring (bicyclic) bond motifs is 1. The molecule has 1 aromatic heterocycles. The number of aromatic nitrogens is 1. The Morgan fingerprint density at radius 3 is 2.44 bits per heavy atom. The topological polar surface area (TPSA) is 72.5 Å². The molecule has 0 spiro atoms. The van der Waals surface area contributed by atoms with Crippen LogP contribution >= 0.6 is 0 Å². The molecule has 0 saturated carbocycles. The first-order chi connectivity index (χ1) is 13.1. The summed E-state index contributed by atoms with van der Waals surface area (Å²) in [6.07, 6.45) is 1.62. The fraction of sp³-hybridized carbons (Fsp3) is 0.143. The summed E-state index contributed by atoms with van der Waals surface area (Å²) in [5.41, 5.74) is 4.47. The highest BCUT2D eigenvalue weighted by atomic mass is 16.7. The van der Waals surface area contributed by atoms with Gasteiger partial charge in [0.15, 0.2) is 11.5 Å². The third-order valence-electron chi connectivity index (χ3n) is 4.15. The van der Waals surface area contributed by atoms with E-state index in [1.807, 2.05) is 12.1 Å². The van der Waals surface area contributed by atoms with Crippen molar-refractivity contribution in [3.63, 3.8) is 0 Å². The van der Waals surface area contributed by atoms with Crippen LogP contribution < -0.4 is 20.1 Å². The van der Waals surface area contributed by atoms with Crippen molar-refractivity contribution in [2.75, 3.05) is 17.4 Å². The van der Waals surface area contributed by atoms with E-state index >= 15 is 0 Å². The number of ether oxygens (including phenoxy) is 2. The molecule has 27 heavy (non-hydrogen) atoms. The fourth-order valence-electron chi connectivity index (χ4n) is 2.98. The molecule has 0 atom stereocenters. The van der Waals surface area contributed by atoms with E-state index in [9.17, 15) is 4.79 Å². The molecule has 0 unspecified atom stereocenters. The maximum atomic E-state index is 12.4. The van der Waals surface area contributed by atoms with E-state index < -0.39 is 0 Å². The monoisotopic (exact) mass is 361 g/mol. The minimum atomic E-state index is -0.231. The molecular weight excluding hydrogens is 342 g/mol. The first-order valence-corrected chi connectivity index (χ1v) is 8.59. The summed E-state index contributed by atoms with van der Waals surface area (Å²) in [6.45, 7) is 4.29. The summed E-state index contributed by atoms with van der Waals surface area (Å²) in [5, 5.41) is 6.10. The van der Waals surface area contributed by atoms with Gasteiger partial charge in [0.05, 0.1) is 11.9 Å². The summed E-state index contributed by atoms with van der Waals surface area (Å²) in [5.74, 6) is 1.70. The molecule has 0 bridgehead atoms. The highest BCUT2D eigenvalue weighted by Gasteiger charge is 2.16. The molecule has 6 nitrogen and oxygen atoms in total. The van der Waals surface area contributed by atoms with Crippen LogP contribution in [0.1, 0.15) is 21.5 Å². The second-order valence-corrected chi connectivity index (χ2v) is 6.46. The number of pyridine rings is 1. The van der Waals surface area contributed by atoms with E-state index in [0.717, 1.165) is 5.69 Å². The molecule has 0 fully saturated rings. The molecule has 4 rings (SSSR count). The van der Waals surface area contributed by atoms with Gasteiger partial charge in [-0.1, -0.05) is 6.07 Å². The lowest BCUT2D eigenvalue weighted by atomic mass is 10.1. The molecule has 0 saturated heterocycles. The van der Waals surface area contributed by atoms with Gasteiger partial charge < -0.3 is 20.1 Å². The second-order valence-electron chi connectivity index (χ2n) is 6.46. The zero-order chi connectivity index (χ0) is 18.8. The van der Waals surface area contributed by atoms with E-state index in [1.54, 1.807) is 24.4 Å². The van der Waals surface area contributed by atoms with Crippen LogP contribution in [0.4, 0.5) is 17.2 Å². The SMILES string of the molecule is Cc1cc(C)cc(Nc2ccc(NC(=O)c3ccc4c(c3)OCO4)cn2)c1. The molecule has 136 valence electrons. The van der Waals surface area contributed by atoms with Gasteiger partial charge in [-0.05, 0) is 67.4 Å². The Hall–Kier alpha value is -3.54. The van der Waals surface area contributed by atoms with Crippen LogP contribution in [0, 0.1) is 13.8 Å². The maximum absolute atomic E-state index is 12.4. The van der Waals surface area contributed by atoms with E-state index in [4.69, 9.17) is 9.47 Å². The van der Waals surface area contributed by atoms with Gasteiger partial charge in [0.2, 0.25) is 6.79 Å². The summed E-state index contributed by atoms with van der Waals surface area (Å²) in [6, 6.07) is 15.0. The molecule has 2 N–H and O–H groups in total. The minimum Gasteiger partial charge on any atom is -0.454 e. The van der Waals surface area contributed by atoms with Crippen LogP contribution in [0.25, 0.3) is 0 Å². The number of amides is 1. The van der Waals surface area contributed by atoms with Crippen LogP contribution in [-0.4, -0.2) is 17.7 Å². The lowest BCUT2D eigenvalue weighted by Crippen LogP contribution is -2.12. The van der Waals surface area contributed by atoms with Gasteiger partial charge in [-0.2, -0.15) is 0 Å². The maximum Gasteiger partial charge on any atom is 0.255 e. The number of benzene rings is 2. The summed E-state index contributed by atoms with van der Waals surface area (Å²) in [4.78, 5) is 16.8. The molecule has 1 amide bonds. The lowest BCUT2D eigenvalue weighted by molar-refractivity contribution is 0.102. The number of anilines is 3. The van der Waals surface area contributed by atoms with Gasteiger partial charge in [-0.3, -0.25) is 4.79 Å². The van der Waals surface area contributed by atoms with Crippen molar-refractivity contribution in [2.45, 2.75) is 13.8 Å². The molecule has 2 heterocycles. The van der Waals surface area contributed by atoms with Crippen LogP contribution in [0.3, 0.4) is 0 Å². The van der Waals surface area contributed by atoms with Gasteiger partial charge >= 0.3 is 0 Å². The Kier molecular flexibility index (Phi) is 4.38. The second kappa shape index (κ2) is 6.99. The van der Waals surface area contributed by atoms with E-state index in [-0.39, 0.29) is 12.7 Å². The van der Waals surface area contributed by atoms with Crippen molar-refractivity contribution < 1.29 is 14.3 Å². The number of nitrogens with zero attached hydrogens (tertiary/aromatic N) is 1. The first kappa shape index (κ1) is 16.9. The Morgan fingerprint density at radius 1 is 0.926 bits per heavy atom. The summed E-state index contributed by atoms with van der Waals surface area (Å²) in [7, 11) is 0. The number of nitrogens with one attached hydrogen (secondary N) is 2. The van der Waals surface area contributed by atoms with E-state index in [1.165, 1.54) is 11.1 Å². The van der Waals surface area contributed by atoms with Crippen molar-refractivity contribution >= 4 is 23.1 Å². The van der Waals surface area contributed by atoms with Crippen LogP contribution in [0.5, 0.6) is 11.5 Å². The molecular formula is C21H19N3O3. The first-order valence-electron chi connectivity index (χ1n) is 8.59. The van der Waals surface area contributed by atoms with Crippen molar-refractivity contribution in [1.29, 1.82) is 0 Å². The smallest absolute Gasteiger partial charge is 0.255 e. The number of hydrogen-bond acceptors (Lipinski definition) is 5. The molecule has 2 aromatic carbocycles. The predicted octanol–water partition coefficient (Wildman–Crippen LogP) is 4.42. The van der Waals surface area contributed by atoms with Crippen molar-refractivity contribution in [3.8, 4) is 11.5 Å². The Bertz CT molecular complexity index is 980. The van der Waals surface area contributed by atoms with Crippen molar-refractivity contribution in [3.05, 3.63) is 71.4 Å². The fourth-order valence-corrected chi connectivity index (χ4v) is 2.98. The number of aryl methyl sites for hydroxylation is 2. The number of rotatable bonds is 4. The van der Waals surface area contributed by atoms with Gasteiger partial charge in [0, 0.05) is 11.3 Å². The molecule has 1 aliphatic heterocycles. The third-order valence-corrected chi connectivity index (χ3v) is 4.15. The Labute approximate surface area is 157 Å². The standard InChI is InChI=1S/C21H19N3O3/c1-13-7-14(2)9-17(8-13)23-20-6-4-16(11-22-20)24-21(25)15-3-5-18-19(10-15)27-12-26-18/h3-11H,12H2,1-2H3,(H,22,23)(H,24,25). The largest absolute Gasteiger partial charge is 0.454 e. The molecule has 0 aliphatic carbocycles. The average Bonchev–Trinajstić information content (AvgIpc) is 3.10. The Morgan fingerprint density at radius 2 is 1.70 bits per heavy atom. The van der Waals surface area contributed by atoms with Gasteiger partial charge in [0.25, 0.3) is 5.91 Å². The van der Waals surface area contributed by atoms with Crippen LogP contribution in [0.15, 0.2) is 54.7 Å². The predicted molar refractivity (Wildman–Crippen MR) is 104 cm³/mol. The van der Waals surface area contributed by atoms with Crippen LogP contribution in [0.2, 0.25) is 0 Å². The zero-order valence-corrected chi connectivity index (χ0v) is 15.1. The van der Waals surface area contributed by atoms with Crippen molar-refractivity contribution in [1.82, 2.24) is 4.98 Å². The van der Waals surface area contributed by atoms with Crippen LogP contribution in [-0.2, 0) is 0 Å². The van der Waals surface area contributed by atoms with Crippen molar-refractivity contribution in [2.24, 2.45) is 0 Å². The quantitative estimate of drug-likeness (QED) is 0.719. The zero-order valence-electron chi connectivity index (χ0n) is 15.1. The van der Waals surface area contributed by atoms with E-state index in [2.05, 4.69) is 47.7 Å². The minimum absolute atomic E-state index is 0.180. The average molecular weight is 361 g/mol.